The number of hydrogen-bond acceptors (Lipinski definition) is 2. The summed E-state index contributed by atoms with van der Waals surface area (Å²) in [5.41, 5.74) is 2.51. The monoisotopic (exact) mass is 480 g/mol. The Morgan fingerprint density at radius 2 is 1.53 bits per heavy atom. The van der Waals surface area contributed by atoms with Gasteiger partial charge in [0.05, 0.1) is 6.42 Å². The normalized spacial score (nSPS) is 12.6. The molecular formula is C28H30ClFN2O2. The summed E-state index contributed by atoms with van der Waals surface area (Å²) < 4.78 is 13.5. The summed E-state index contributed by atoms with van der Waals surface area (Å²) in [7, 11) is 0. The van der Waals surface area contributed by atoms with Gasteiger partial charge < -0.3 is 10.2 Å². The maximum atomic E-state index is 13.6. The van der Waals surface area contributed by atoms with Gasteiger partial charge in [0.1, 0.15) is 11.9 Å². The van der Waals surface area contributed by atoms with Crippen LogP contribution in [-0.2, 0) is 29.0 Å². The van der Waals surface area contributed by atoms with Gasteiger partial charge in [-0.1, -0.05) is 73.1 Å². The highest BCUT2D eigenvalue weighted by molar-refractivity contribution is 6.30. The average molecular weight is 481 g/mol. The van der Waals surface area contributed by atoms with E-state index in [1.807, 2.05) is 56.3 Å². The molecule has 2 amide bonds. The van der Waals surface area contributed by atoms with Crippen molar-refractivity contribution in [3.63, 3.8) is 0 Å². The zero-order chi connectivity index (χ0) is 24.5. The lowest BCUT2D eigenvalue weighted by Gasteiger charge is -2.32. The molecule has 2 unspecified atom stereocenters. The number of nitrogens with one attached hydrogen (secondary N) is 1. The van der Waals surface area contributed by atoms with Gasteiger partial charge in [0.2, 0.25) is 11.8 Å². The smallest absolute Gasteiger partial charge is 0.243 e. The highest BCUT2D eigenvalue weighted by Gasteiger charge is 2.31. The van der Waals surface area contributed by atoms with Crippen molar-refractivity contribution in [3.05, 3.63) is 106 Å². The van der Waals surface area contributed by atoms with Crippen molar-refractivity contribution in [1.29, 1.82) is 0 Å². The Morgan fingerprint density at radius 3 is 2.15 bits per heavy atom. The first kappa shape index (κ1) is 25.4. The van der Waals surface area contributed by atoms with Gasteiger partial charge in [-0.25, -0.2) is 4.39 Å². The van der Waals surface area contributed by atoms with Crippen molar-refractivity contribution in [2.45, 2.75) is 51.7 Å². The first-order chi connectivity index (χ1) is 16.4. The predicted molar refractivity (Wildman–Crippen MR) is 134 cm³/mol. The molecule has 0 radical (unpaired) electrons. The standard InChI is InChI=1S/C28H30ClFN2O2/c1-3-20(2)31-28(34)26(17-21-7-5-4-6-8-21)32(19-23-11-15-25(30)16-12-23)27(33)18-22-9-13-24(29)14-10-22/h4-16,20,26H,3,17-19H2,1-2H3,(H,31,34). The summed E-state index contributed by atoms with van der Waals surface area (Å²) in [5.74, 6) is -0.741. The minimum atomic E-state index is -0.721. The summed E-state index contributed by atoms with van der Waals surface area (Å²) in [5, 5.41) is 3.63. The fraction of sp³-hybridized carbons (Fsp3) is 0.286. The van der Waals surface area contributed by atoms with Crippen molar-refractivity contribution in [3.8, 4) is 0 Å². The molecule has 0 aliphatic carbocycles. The van der Waals surface area contributed by atoms with Crippen molar-refractivity contribution in [2.24, 2.45) is 0 Å². The third kappa shape index (κ3) is 7.42. The van der Waals surface area contributed by atoms with Gasteiger partial charge in [0.15, 0.2) is 0 Å². The van der Waals surface area contributed by atoms with Crippen molar-refractivity contribution in [2.75, 3.05) is 0 Å². The Morgan fingerprint density at radius 1 is 0.912 bits per heavy atom. The SMILES string of the molecule is CCC(C)NC(=O)C(Cc1ccccc1)N(Cc1ccc(F)cc1)C(=O)Cc1ccc(Cl)cc1. The molecule has 0 heterocycles. The first-order valence-electron chi connectivity index (χ1n) is 11.5. The number of carbonyl (C=O) groups is 2. The van der Waals surface area contributed by atoms with E-state index < -0.39 is 6.04 Å². The van der Waals surface area contributed by atoms with E-state index in [-0.39, 0.29) is 36.6 Å². The fourth-order valence-electron chi connectivity index (χ4n) is 3.66. The highest BCUT2D eigenvalue weighted by atomic mass is 35.5. The minimum Gasteiger partial charge on any atom is -0.352 e. The molecule has 6 heteroatoms. The van der Waals surface area contributed by atoms with Crippen LogP contribution in [0.3, 0.4) is 0 Å². The lowest BCUT2D eigenvalue weighted by atomic mass is 10.0. The largest absolute Gasteiger partial charge is 0.352 e. The molecule has 3 aromatic carbocycles. The van der Waals surface area contributed by atoms with Crippen LogP contribution in [0.25, 0.3) is 0 Å². The summed E-state index contributed by atoms with van der Waals surface area (Å²) in [6.07, 6.45) is 1.28. The number of amides is 2. The van der Waals surface area contributed by atoms with Gasteiger partial charge in [0, 0.05) is 24.0 Å². The Bertz CT molecular complexity index is 1070. The van der Waals surface area contributed by atoms with Crippen molar-refractivity contribution < 1.29 is 14.0 Å². The summed E-state index contributed by atoms with van der Waals surface area (Å²) in [6.45, 7) is 4.13. The van der Waals surface area contributed by atoms with Crippen LogP contribution in [0.2, 0.25) is 5.02 Å². The Balaban J connectivity index is 1.95. The molecule has 4 nitrogen and oxygen atoms in total. The maximum Gasteiger partial charge on any atom is 0.243 e. The van der Waals surface area contributed by atoms with Crippen LogP contribution in [-0.4, -0.2) is 28.8 Å². The molecule has 0 spiro atoms. The third-order valence-electron chi connectivity index (χ3n) is 5.81. The molecule has 2 atom stereocenters. The number of nitrogens with zero attached hydrogens (tertiary/aromatic N) is 1. The Kier molecular flexibility index (Phi) is 9.23. The molecule has 0 saturated carbocycles. The molecule has 3 aromatic rings. The zero-order valence-corrected chi connectivity index (χ0v) is 20.3. The third-order valence-corrected chi connectivity index (χ3v) is 6.06. The number of benzene rings is 3. The predicted octanol–water partition coefficient (Wildman–Crippen LogP) is 5.58. The van der Waals surface area contributed by atoms with E-state index in [9.17, 15) is 14.0 Å². The molecule has 0 aliphatic heterocycles. The maximum absolute atomic E-state index is 13.6. The van der Waals surface area contributed by atoms with Crippen LogP contribution in [0.1, 0.15) is 37.0 Å². The van der Waals surface area contributed by atoms with Crippen LogP contribution in [0.5, 0.6) is 0 Å². The van der Waals surface area contributed by atoms with Crippen LogP contribution in [0, 0.1) is 5.82 Å². The van der Waals surface area contributed by atoms with Crippen LogP contribution < -0.4 is 5.32 Å². The molecular weight excluding hydrogens is 451 g/mol. The van der Waals surface area contributed by atoms with Gasteiger partial charge in [-0.3, -0.25) is 9.59 Å². The molecule has 0 bridgehead atoms. The van der Waals surface area contributed by atoms with Crippen LogP contribution >= 0.6 is 11.6 Å². The highest BCUT2D eigenvalue weighted by Crippen LogP contribution is 2.18. The first-order valence-corrected chi connectivity index (χ1v) is 11.9. The molecule has 178 valence electrons. The molecule has 0 aliphatic rings. The molecule has 0 aromatic heterocycles. The summed E-state index contributed by atoms with van der Waals surface area (Å²) in [4.78, 5) is 28.6. The number of hydrogen-bond donors (Lipinski definition) is 1. The van der Waals surface area contributed by atoms with Crippen molar-refractivity contribution >= 4 is 23.4 Å². The molecule has 0 fully saturated rings. The van der Waals surface area contributed by atoms with E-state index in [1.165, 1.54) is 12.1 Å². The molecule has 0 saturated heterocycles. The average Bonchev–Trinajstić information content (AvgIpc) is 2.84. The molecule has 3 rings (SSSR count). The fourth-order valence-corrected chi connectivity index (χ4v) is 3.79. The Labute approximate surface area is 205 Å². The van der Waals surface area contributed by atoms with Gasteiger partial charge in [-0.05, 0) is 54.3 Å². The van der Waals surface area contributed by atoms with E-state index >= 15 is 0 Å². The molecule has 1 N–H and O–H groups in total. The van der Waals surface area contributed by atoms with E-state index in [0.29, 0.717) is 11.4 Å². The summed E-state index contributed by atoms with van der Waals surface area (Å²) in [6, 6.07) is 22.0. The van der Waals surface area contributed by atoms with E-state index in [0.717, 1.165) is 23.1 Å². The van der Waals surface area contributed by atoms with Crippen LogP contribution in [0.4, 0.5) is 4.39 Å². The Hall–Kier alpha value is -3.18. The van der Waals surface area contributed by atoms with E-state index in [1.54, 1.807) is 29.2 Å². The lowest BCUT2D eigenvalue weighted by Crippen LogP contribution is -2.52. The zero-order valence-electron chi connectivity index (χ0n) is 19.5. The van der Waals surface area contributed by atoms with E-state index in [2.05, 4.69) is 5.32 Å². The topological polar surface area (TPSA) is 49.4 Å². The van der Waals surface area contributed by atoms with Gasteiger partial charge in [-0.15, -0.1) is 0 Å². The van der Waals surface area contributed by atoms with E-state index in [4.69, 9.17) is 11.6 Å². The summed E-state index contributed by atoms with van der Waals surface area (Å²) >= 11 is 6.00. The quantitative estimate of drug-likeness (QED) is 0.412. The molecule has 34 heavy (non-hydrogen) atoms. The second kappa shape index (κ2) is 12.3. The number of rotatable bonds is 10. The minimum absolute atomic E-state index is 0.0233. The van der Waals surface area contributed by atoms with Gasteiger partial charge >= 0.3 is 0 Å². The number of carbonyl (C=O) groups excluding carboxylic acids is 2. The van der Waals surface area contributed by atoms with Gasteiger partial charge in [-0.2, -0.15) is 0 Å². The number of halogens is 2. The van der Waals surface area contributed by atoms with Gasteiger partial charge in [0.25, 0.3) is 0 Å². The second-order valence-electron chi connectivity index (χ2n) is 8.47. The second-order valence-corrected chi connectivity index (χ2v) is 8.91. The van der Waals surface area contributed by atoms with Crippen LogP contribution in [0.15, 0.2) is 78.9 Å². The van der Waals surface area contributed by atoms with Crippen molar-refractivity contribution in [1.82, 2.24) is 10.2 Å². The lowest BCUT2D eigenvalue weighted by molar-refractivity contribution is -0.141.